The number of hydrogen-bond donors (Lipinski definition) is 1. The van der Waals surface area contributed by atoms with Crippen LogP contribution in [0.4, 0.5) is 5.88 Å². The van der Waals surface area contributed by atoms with Crippen molar-refractivity contribution in [2.45, 2.75) is 0 Å². The third-order valence-corrected chi connectivity index (χ3v) is 3.74. The Balaban J connectivity index is 2.54. The average molecular weight is 317 g/mol. The van der Waals surface area contributed by atoms with Crippen molar-refractivity contribution in [3.63, 3.8) is 0 Å². The van der Waals surface area contributed by atoms with Crippen LogP contribution in [0.3, 0.4) is 0 Å². The van der Waals surface area contributed by atoms with Gasteiger partial charge in [0, 0.05) is 3.57 Å². The molecule has 0 aliphatic rings. The average Bonchev–Trinajstić information content (AvgIpc) is 2.71. The molecule has 0 saturated carbocycles. The SMILES string of the molecule is N#Cc1nc(-c2sccc2I)oc1N. The van der Waals surface area contributed by atoms with Crippen molar-refractivity contribution in [2.24, 2.45) is 0 Å². The molecule has 0 unspecified atom stereocenters. The molecule has 14 heavy (non-hydrogen) atoms. The summed E-state index contributed by atoms with van der Waals surface area (Å²) in [5.41, 5.74) is 5.60. The fourth-order valence-corrected chi connectivity index (χ4v) is 2.70. The van der Waals surface area contributed by atoms with Gasteiger partial charge in [0.25, 0.3) is 0 Å². The van der Waals surface area contributed by atoms with Crippen LogP contribution in [0.15, 0.2) is 15.9 Å². The molecule has 0 saturated heterocycles. The van der Waals surface area contributed by atoms with Crippen LogP contribution >= 0.6 is 33.9 Å². The van der Waals surface area contributed by atoms with E-state index >= 15 is 0 Å². The summed E-state index contributed by atoms with van der Waals surface area (Å²) >= 11 is 3.69. The van der Waals surface area contributed by atoms with Crippen LogP contribution in [0.5, 0.6) is 0 Å². The van der Waals surface area contributed by atoms with E-state index in [4.69, 9.17) is 15.4 Å². The number of nitriles is 1. The summed E-state index contributed by atoms with van der Waals surface area (Å²) in [6, 6.07) is 3.82. The van der Waals surface area contributed by atoms with Gasteiger partial charge in [0.1, 0.15) is 10.9 Å². The predicted octanol–water partition coefficient (Wildman–Crippen LogP) is 2.46. The fraction of sp³-hybridized carbons (Fsp3) is 0. The van der Waals surface area contributed by atoms with Crippen molar-refractivity contribution in [1.82, 2.24) is 4.98 Å². The van der Waals surface area contributed by atoms with E-state index in [0.717, 1.165) is 8.45 Å². The maximum atomic E-state index is 8.65. The molecular formula is C8H4IN3OS. The zero-order valence-electron chi connectivity index (χ0n) is 6.82. The summed E-state index contributed by atoms with van der Waals surface area (Å²) in [6.45, 7) is 0. The molecule has 0 spiro atoms. The molecule has 2 aromatic rings. The molecule has 0 amide bonds. The van der Waals surface area contributed by atoms with E-state index < -0.39 is 0 Å². The second-order valence-corrected chi connectivity index (χ2v) is 4.52. The van der Waals surface area contributed by atoms with E-state index in [1.807, 2.05) is 17.5 Å². The molecule has 0 radical (unpaired) electrons. The van der Waals surface area contributed by atoms with Crippen molar-refractivity contribution in [2.75, 3.05) is 5.73 Å². The number of thiophene rings is 1. The molecule has 0 fully saturated rings. The lowest BCUT2D eigenvalue weighted by atomic mass is 10.4. The lowest BCUT2D eigenvalue weighted by Crippen LogP contribution is -1.84. The number of oxazole rings is 1. The first-order valence-corrected chi connectivity index (χ1v) is 5.58. The number of rotatable bonds is 1. The van der Waals surface area contributed by atoms with Gasteiger partial charge in [-0.3, -0.25) is 0 Å². The Bertz CT molecular complexity index is 511. The third-order valence-electron chi connectivity index (χ3n) is 1.57. The Morgan fingerprint density at radius 1 is 1.64 bits per heavy atom. The first-order chi connectivity index (χ1) is 6.72. The lowest BCUT2D eigenvalue weighted by Gasteiger charge is -1.88. The highest BCUT2D eigenvalue weighted by Gasteiger charge is 2.14. The van der Waals surface area contributed by atoms with E-state index in [1.165, 1.54) is 11.3 Å². The smallest absolute Gasteiger partial charge is 0.241 e. The minimum atomic E-state index is 0.0756. The zero-order chi connectivity index (χ0) is 10.1. The summed E-state index contributed by atoms with van der Waals surface area (Å²) in [4.78, 5) is 4.89. The molecule has 0 aliphatic heterocycles. The van der Waals surface area contributed by atoms with Crippen LogP contribution in [0, 0.1) is 14.9 Å². The van der Waals surface area contributed by atoms with Crippen molar-refractivity contribution >= 4 is 39.8 Å². The van der Waals surface area contributed by atoms with Crippen LogP contribution in [-0.2, 0) is 0 Å². The molecule has 70 valence electrons. The standard InChI is InChI=1S/C8H4IN3OS/c9-4-1-2-14-6(4)8-12-5(3-10)7(11)13-8/h1-2H,11H2. The summed E-state index contributed by atoms with van der Waals surface area (Å²) < 4.78 is 6.22. The zero-order valence-corrected chi connectivity index (χ0v) is 9.79. The topological polar surface area (TPSA) is 75.8 Å². The van der Waals surface area contributed by atoms with E-state index in [0.29, 0.717) is 5.89 Å². The van der Waals surface area contributed by atoms with Crippen molar-refractivity contribution in [3.05, 3.63) is 20.7 Å². The van der Waals surface area contributed by atoms with Crippen molar-refractivity contribution in [1.29, 1.82) is 5.26 Å². The molecule has 6 heteroatoms. The van der Waals surface area contributed by atoms with Gasteiger partial charge in [-0.2, -0.15) is 10.2 Å². The highest BCUT2D eigenvalue weighted by Crippen LogP contribution is 2.31. The summed E-state index contributed by atoms with van der Waals surface area (Å²) in [5.74, 6) is 0.491. The molecule has 2 aromatic heterocycles. The molecule has 4 nitrogen and oxygen atoms in total. The summed E-state index contributed by atoms with van der Waals surface area (Å²) in [7, 11) is 0. The van der Waals surface area contributed by atoms with Crippen LogP contribution < -0.4 is 5.73 Å². The second-order valence-electron chi connectivity index (χ2n) is 2.44. The van der Waals surface area contributed by atoms with Gasteiger partial charge in [-0.1, -0.05) is 0 Å². The predicted molar refractivity (Wildman–Crippen MR) is 61.7 cm³/mol. The first-order valence-electron chi connectivity index (χ1n) is 3.62. The molecule has 0 aliphatic carbocycles. The Hall–Kier alpha value is -1.07. The minimum Gasteiger partial charge on any atom is -0.419 e. The molecule has 2 rings (SSSR count). The Morgan fingerprint density at radius 2 is 2.43 bits per heavy atom. The maximum Gasteiger partial charge on any atom is 0.241 e. The fourth-order valence-electron chi connectivity index (χ4n) is 0.956. The quantitative estimate of drug-likeness (QED) is 0.820. The highest BCUT2D eigenvalue weighted by atomic mass is 127. The van der Waals surface area contributed by atoms with Crippen molar-refractivity contribution in [3.8, 4) is 16.8 Å². The van der Waals surface area contributed by atoms with E-state index in [2.05, 4.69) is 27.6 Å². The number of hydrogen-bond acceptors (Lipinski definition) is 5. The van der Waals surface area contributed by atoms with Gasteiger partial charge in [-0.15, -0.1) is 11.3 Å². The highest BCUT2D eigenvalue weighted by molar-refractivity contribution is 14.1. The van der Waals surface area contributed by atoms with Gasteiger partial charge in [0.05, 0.1) is 0 Å². The number of nitrogen functional groups attached to an aromatic ring is 1. The van der Waals surface area contributed by atoms with Gasteiger partial charge in [-0.25, -0.2) is 0 Å². The Kier molecular flexibility index (Phi) is 2.43. The van der Waals surface area contributed by atoms with Gasteiger partial charge >= 0.3 is 0 Å². The van der Waals surface area contributed by atoms with Gasteiger partial charge in [0.15, 0.2) is 0 Å². The molecule has 0 aromatic carbocycles. The second kappa shape index (κ2) is 3.59. The van der Waals surface area contributed by atoms with E-state index in [1.54, 1.807) is 0 Å². The van der Waals surface area contributed by atoms with Crippen LogP contribution in [0.1, 0.15) is 5.69 Å². The molecular weight excluding hydrogens is 313 g/mol. The van der Waals surface area contributed by atoms with E-state index in [9.17, 15) is 0 Å². The number of nitrogens with zero attached hydrogens (tertiary/aromatic N) is 2. The van der Waals surface area contributed by atoms with Gasteiger partial charge in [0.2, 0.25) is 17.5 Å². The van der Waals surface area contributed by atoms with Crippen LogP contribution in [0.25, 0.3) is 10.8 Å². The van der Waals surface area contributed by atoms with E-state index in [-0.39, 0.29) is 11.6 Å². The normalized spacial score (nSPS) is 10.0. The molecule has 0 bridgehead atoms. The molecule has 2 heterocycles. The van der Waals surface area contributed by atoms with Crippen molar-refractivity contribution < 1.29 is 4.42 Å². The largest absolute Gasteiger partial charge is 0.419 e. The molecule has 0 atom stereocenters. The monoisotopic (exact) mass is 317 g/mol. The third kappa shape index (κ3) is 1.49. The Labute approximate surface area is 97.5 Å². The van der Waals surface area contributed by atoms with Crippen LogP contribution in [0.2, 0.25) is 0 Å². The molecule has 2 N–H and O–H groups in total. The first kappa shape index (κ1) is 9.48. The van der Waals surface area contributed by atoms with Gasteiger partial charge in [-0.05, 0) is 34.0 Å². The Morgan fingerprint density at radius 3 is 2.93 bits per heavy atom. The number of anilines is 1. The number of nitrogens with two attached hydrogens (primary N) is 1. The van der Waals surface area contributed by atoms with Gasteiger partial charge < -0.3 is 10.2 Å². The lowest BCUT2D eigenvalue weighted by molar-refractivity contribution is 0.595. The number of halogens is 1. The summed E-state index contributed by atoms with van der Waals surface area (Å²) in [6.07, 6.45) is 0. The maximum absolute atomic E-state index is 8.65. The number of aromatic nitrogens is 1. The van der Waals surface area contributed by atoms with Crippen LogP contribution in [-0.4, -0.2) is 4.98 Å². The minimum absolute atomic E-state index is 0.0756. The summed E-state index contributed by atoms with van der Waals surface area (Å²) in [5, 5.41) is 10.6.